The number of hydrogen-bond acceptors (Lipinski definition) is 5. The lowest BCUT2D eigenvalue weighted by Crippen LogP contribution is -2.43. The van der Waals surface area contributed by atoms with Crippen molar-refractivity contribution >= 4 is 23.2 Å². The second-order valence-electron chi connectivity index (χ2n) is 5.47. The zero-order valence-electron chi connectivity index (χ0n) is 12.9. The van der Waals surface area contributed by atoms with E-state index in [9.17, 15) is 9.59 Å². The van der Waals surface area contributed by atoms with Crippen molar-refractivity contribution in [1.29, 1.82) is 0 Å². The van der Waals surface area contributed by atoms with Crippen LogP contribution >= 0.6 is 11.3 Å². The van der Waals surface area contributed by atoms with Crippen LogP contribution in [-0.2, 0) is 20.7 Å². The summed E-state index contributed by atoms with van der Waals surface area (Å²) < 4.78 is 5.49. The molecule has 1 aliphatic rings. The standard InChI is InChI=1S/C15H22N2O4S/c1-3-21-10(2)14-16-12(9-22-14)7-13(18)17-6-4-5-11(8-17)15(19)20/h9-11H,3-8H2,1-2H3,(H,19,20). The van der Waals surface area contributed by atoms with Crippen LogP contribution in [0.4, 0.5) is 0 Å². The number of aliphatic carboxylic acids is 1. The first-order valence-corrected chi connectivity index (χ1v) is 8.45. The number of aromatic nitrogens is 1. The molecule has 2 unspecified atom stereocenters. The van der Waals surface area contributed by atoms with Crippen LogP contribution in [0.1, 0.15) is 43.5 Å². The largest absolute Gasteiger partial charge is 0.481 e. The SMILES string of the molecule is CCOC(C)c1nc(CC(=O)N2CCCC(C(=O)O)C2)cs1. The molecule has 2 rings (SSSR count). The summed E-state index contributed by atoms with van der Waals surface area (Å²) in [4.78, 5) is 29.5. The number of piperidine rings is 1. The molecule has 1 aliphatic heterocycles. The average molecular weight is 326 g/mol. The predicted octanol–water partition coefficient (Wildman–Crippen LogP) is 2.11. The Labute approximate surface area is 134 Å². The highest BCUT2D eigenvalue weighted by atomic mass is 32.1. The number of carboxylic acids is 1. The predicted molar refractivity (Wildman–Crippen MR) is 82.8 cm³/mol. The molecule has 7 heteroatoms. The van der Waals surface area contributed by atoms with E-state index in [1.54, 1.807) is 4.90 Å². The van der Waals surface area contributed by atoms with E-state index < -0.39 is 11.9 Å². The van der Waals surface area contributed by atoms with Crippen molar-refractivity contribution in [3.05, 3.63) is 16.1 Å². The van der Waals surface area contributed by atoms with E-state index in [2.05, 4.69) is 4.98 Å². The Balaban J connectivity index is 1.93. The molecule has 22 heavy (non-hydrogen) atoms. The third-order valence-electron chi connectivity index (χ3n) is 3.79. The Bertz CT molecular complexity index is 531. The Morgan fingerprint density at radius 3 is 3.05 bits per heavy atom. The maximum atomic E-state index is 12.3. The van der Waals surface area contributed by atoms with E-state index in [4.69, 9.17) is 9.84 Å². The van der Waals surface area contributed by atoms with Crippen LogP contribution in [-0.4, -0.2) is 46.6 Å². The fourth-order valence-corrected chi connectivity index (χ4v) is 3.41. The van der Waals surface area contributed by atoms with Crippen LogP contribution in [0.2, 0.25) is 0 Å². The van der Waals surface area contributed by atoms with Crippen LogP contribution in [0.3, 0.4) is 0 Å². The van der Waals surface area contributed by atoms with Gasteiger partial charge in [-0.05, 0) is 26.7 Å². The Hall–Kier alpha value is -1.47. The van der Waals surface area contributed by atoms with Gasteiger partial charge in [0.25, 0.3) is 0 Å². The van der Waals surface area contributed by atoms with Crippen LogP contribution < -0.4 is 0 Å². The first kappa shape index (κ1) is 16.9. The molecule has 1 saturated heterocycles. The minimum atomic E-state index is -0.820. The maximum Gasteiger partial charge on any atom is 0.308 e. The molecule has 1 aromatic heterocycles. The first-order chi connectivity index (χ1) is 10.5. The van der Waals surface area contributed by atoms with Gasteiger partial charge in [-0.15, -0.1) is 11.3 Å². The summed E-state index contributed by atoms with van der Waals surface area (Å²) in [6.45, 7) is 5.44. The minimum absolute atomic E-state index is 0.0492. The lowest BCUT2D eigenvalue weighted by molar-refractivity contribution is -0.145. The lowest BCUT2D eigenvalue weighted by Gasteiger charge is -2.30. The molecule has 1 fully saturated rings. The van der Waals surface area contributed by atoms with Gasteiger partial charge in [-0.3, -0.25) is 9.59 Å². The Kier molecular flexibility index (Phi) is 5.90. The molecular weight excluding hydrogens is 304 g/mol. The molecule has 122 valence electrons. The molecule has 1 aromatic rings. The van der Waals surface area contributed by atoms with Gasteiger partial charge in [0.2, 0.25) is 5.91 Å². The summed E-state index contributed by atoms with van der Waals surface area (Å²) in [5.41, 5.74) is 0.731. The number of carbonyl (C=O) groups is 2. The zero-order valence-corrected chi connectivity index (χ0v) is 13.8. The number of ether oxygens (including phenoxy) is 1. The van der Waals surface area contributed by atoms with Crippen molar-refractivity contribution < 1.29 is 19.4 Å². The number of rotatable bonds is 6. The number of amides is 1. The average Bonchev–Trinajstić information content (AvgIpc) is 2.96. The van der Waals surface area contributed by atoms with Gasteiger partial charge >= 0.3 is 5.97 Å². The first-order valence-electron chi connectivity index (χ1n) is 7.57. The van der Waals surface area contributed by atoms with Gasteiger partial charge in [-0.1, -0.05) is 0 Å². The Morgan fingerprint density at radius 2 is 2.36 bits per heavy atom. The maximum absolute atomic E-state index is 12.3. The summed E-state index contributed by atoms with van der Waals surface area (Å²) in [5.74, 6) is -1.31. The molecule has 0 bridgehead atoms. The molecule has 6 nitrogen and oxygen atoms in total. The van der Waals surface area contributed by atoms with E-state index in [-0.39, 0.29) is 18.4 Å². The molecule has 0 saturated carbocycles. The molecule has 0 aromatic carbocycles. The highest BCUT2D eigenvalue weighted by Gasteiger charge is 2.28. The highest BCUT2D eigenvalue weighted by molar-refractivity contribution is 7.09. The summed E-state index contributed by atoms with van der Waals surface area (Å²) in [7, 11) is 0. The number of nitrogens with zero attached hydrogens (tertiary/aromatic N) is 2. The molecule has 2 heterocycles. The van der Waals surface area contributed by atoms with Crippen molar-refractivity contribution in [3.63, 3.8) is 0 Å². The van der Waals surface area contributed by atoms with Crippen molar-refractivity contribution in [2.45, 2.75) is 39.2 Å². The summed E-state index contributed by atoms with van der Waals surface area (Å²) in [6, 6.07) is 0. The Morgan fingerprint density at radius 1 is 1.59 bits per heavy atom. The summed E-state index contributed by atoms with van der Waals surface area (Å²) in [5, 5.41) is 11.8. The van der Waals surface area contributed by atoms with E-state index >= 15 is 0 Å². The molecule has 1 amide bonds. The molecule has 2 atom stereocenters. The molecule has 0 aliphatic carbocycles. The number of hydrogen-bond donors (Lipinski definition) is 1. The van der Waals surface area contributed by atoms with Crippen molar-refractivity contribution in [2.75, 3.05) is 19.7 Å². The zero-order chi connectivity index (χ0) is 16.1. The fourth-order valence-electron chi connectivity index (χ4n) is 2.58. The highest BCUT2D eigenvalue weighted by Crippen LogP contribution is 2.22. The van der Waals surface area contributed by atoms with E-state index in [0.29, 0.717) is 26.1 Å². The van der Waals surface area contributed by atoms with Gasteiger partial charge in [0.15, 0.2) is 0 Å². The monoisotopic (exact) mass is 326 g/mol. The van der Waals surface area contributed by atoms with Crippen molar-refractivity contribution in [2.24, 2.45) is 5.92 Å². The van der Waals surface area contributed by atoms with Crippen LogP contribution in [0.15, 0.2) is 5.38 Å². The topological polar surface area (TPSA) is 79.7 Å². The fraction of sp³-hybridized carbons (Fsp3) is 0.667. The third-order valence-corrected chi connectivity index (χ3v) is 4.84. The quantitative estimate of drug-likeness (QED) is 0.866. The van der Waals surface area contributed by atoms with E-state index in [1.807, 2.05) is 19.2 Å². The van der Waals surface area contributed by atoms with Crippen molar-refractivity contribution in [3.8, 4) is 0 Å². The van der Waals surface area contributed by atoms with Crippen LogP contribution in [0, 0.1) is 5.92 Å². The summed E-state index contributed by atoms with van der Waals surface area (Å²) in [6.07, 6.45) is 1.55. The van der Waals surface area contributed by atoms with Gasteiger partial charge in [0, 0.05) is 25.1 Å². The lowest BCUT2D eigenvalue weighted by atomic mass is 9.98. The second-order valence-corrected chi connectivity index (χ2v) is 6.36. The number of carboxylic acid groups (broad SMARTS) is 1. The number of carbonyl (C=O) groups excluding carboxylic acids is 1. The summed E-state index contributed by atoms with van der Waals surface area (Å²) >= 11 is 1.49. The van der Waals surface area contributed by atoms with Gasteiger partial charge < -0.3 is 14.7 Å². The second kappa shape index (κ2) is 7.69. The van der Waals surface area contributed by atoms with Gasteiger partial charge in [0.05, 0.1) is 18.0 Å². The van der Waals surface area contributed by atoms with E-state index in [1.165, 1.54) is 11.3 Å². The normalized spacial score (nSPS) is 19.9. The smallest absolute Gasteiger partial charge is 0.308 e. The third kappa shape index (κ3) is 4.27. The van der Waals surface area contributed by atoms with E-state index in [0.717, 1.165) is 17.1 Å². The van der Waals surface area contributed by atoms with Gasteiger partial charge in [-0.25, -0.2) is 4.98 Å². The van der Waals surface area contributed by atoms with Gasteiger partial charge in [0.1, 0.15) is 11.1 Å². The molecular formula is C15H22N2O4S. The van der Waals surface area contributed by atoms with Crippen molar-refractivity contribution in [1.82, 2.24) is 9.88 Å². The molecule has 0 radical (unpaired) electrons. The number of likely N-dealkylation sites (tertiary alicyclic amines) is 1. The van der Waals surface area contributed by atoms with Crippen LogP contribution in [0.5, 0.6) is 0 Å². The van der Waals surface area contributed by atoms with Gasteiger partial charge in [-0.2, -0.15) is 0 Å². The minimum Gasteiger partial charge on any atom is -0.481 e. The molecule has 0 spiro atoms. The molecule has 1 N–H and O–H groups in total. The van der Waals surface area contributed by atoms with Crippen LogP contribution in [0.25, 0.3) is 0 Å². The number of thiazole rings is 1.